The van der Waals surface area contributed by atoms with E-state index in [4.69, 9.17) is 34.0 Å². The van der Waals surface area contributed by atoms with Crippen LogP contribution in [0.15, 0.2) is 60.9 Å². The SMILES string of the molecule is CCOC(=O)CC1OB(O)c2cc(Oc3cc(N)ccn3)cc(C)c21.CCOC(=O)CC1OB(O)c2cc(Oc3cc([N+](=O)[O-])ccn3)cc(C)c21. The number of aryl methyl sites for hydroxylation is 2. The number of hydrogen-bond acceptors (Lipinski definition) is 15. The summed E-state index contributed by atoms with van der Waals surface area (Å²) in [6.07, 6.45) is 1.72. The highest BCUT2D eigenvalue weighted by atomic mass is 16.6. The van der Waals surface area contributed by atoms with Gasteiger partial charge in [-0.05, 0) is 91.2 Å². The van der Waals surface area contributed by atoms with Crippen molar-refractivity contribution in [3.05, 3.63) is 93.3 Å². The Bertz CT molecular complexity index is 1970. The summed E-state index contributed by atoms with van der Waals surface area (Å²) in [5.41, 5.74) is 10.3. The maximum absolute atomic E-state index is 11.8. The van der Waals surface area contributed by atoms with Crippen LogP contribution in [-0.4, -0.2) is 64.3 Å². The number of rotatable bonds is 11. The van der Waals surface area contributed by atoms with Gasteiger partial charge in [0.1, 0.15) is 11.5 Å². The molecule has 2 atom stereocenters. The molecular weight excluding hydrogens is 678 g/mol. The number of anilines is 1. The Labute approximate surface area is 299 Å². The Morgan fingerprint density at radius 3 is 1.71 bits per heavy atom. The fraction of sp³-hybridized carbons (Fsp3) is 0.294. The van der Waals surface area contributed by atoms with Crippen molar-refractivity contribution in [2.75, 3.05) is 18.9 Å². The van der Waals surface area contributed by atoms with E-state index in [-0.39, 0.29) is 37.0 Å². The van der Waals surface area contributed by atoms with Crippen LogP contribution >= 0.6 is 0 Å². The maximum Gasteiger partial charge on any atom is 0.492 e. The van der Waals surface area contributed by atoms with Gasteiger partial charge in [0, 0.05) is 30.2 Å². The van der Waals surface area contributed by atoms with Crippen molar-refractivity contribution < 1.29 is 52.8 Å². The molecule has 0 fully saturated rings. The summed E-state index contributed by atoms with van der Waals surface area (Å²) in [7, 11) is -2.33. The van der Waals surface area contributed by atoms with Gasteiger partial charge >= 0.3 is 26.2 Å². The molecule has 0 bridgehead atoms. The molecule has 18 heteroatoms. The van der Waals surface area contributed by atoms with Gasteiger partial charge in [-0.15, -0.1) is 0 Å². The van der Waals surface area contributed by atoms with Crippen LogP contribution in [0.5, 0.6) is 23.3 Å². The van der Waals surface area contributed by atoms with Crippen LogP contribution < -0.4 is 26.1 Å². The lowest BCUT2D eigenvalue weighted by atomic mass is 9.77. The number of nitro groups is 1. The number of aromatic nitrogens is 2. The van der Waals surface area contributed by atoms with Crippen molar-refractivity contribution >= 4 is 48.5 Å². The molecular formula is C34H36B2N4O12. The maximum atomic E-state index is 11.8. The summed E-state index contributed by atoms with van der Waals surface area (Å²) in [6, 6.07) is 12.5. The average molecular weight is 714 g/mol. The van der Waals surface area contributed by atoms with Gasteiger partial charge in [-0.3, -0.25) is 19.7 Å². The molecule has 2 unspecified atom stereocenters. The first-order chi connectivity index (χ1) is 24.9. The highest BCUT2D eigenvalue weighted by Crippen LogP contribution is 2.35. The number of carbonyl (C=O) groups excluding carboxylic acids is 2. The lowest BCUT2D eigenvalue weighted by molar-refractivity contribution is -0.385. The second-order valence-corrected chi connectivity index (χ2v) is 11.7. The van der Waals surface area contributed by atoms with Crippen LogP contribution in [0, 0.1) is 24.0 Å². The van der Waals surface area contributed by atoms with Crippen molar-refractivity contribution in [3.8, 4) is 23.3 Å². The van der Waals surface area contributed by atoms with E-state index in [1.807, 2.05) is 13.0 Å². The summed E-state index contributed by atoms with van der Waals surface area (Å²) in [6.45, 7) is 7.70. The van der Waals surface area contributed by atoms with Crippen molar-refractivity contribution in [1.29, 1.82) is 0 Å². The second-order valence-electron chi connectivity index (χ2n) is 11.7. The molecule has 270 valence electrons. The normalized spacial score (nSPS) is 15.6. The van der Waals surface area contributed by atoms with Crippen LogP contribution in [-0.2, 0) is 28.4 Å². The van der Waals surface area contributed by atoms with Gasteiger partial charge in [0.2, 0.25) is 11.8 Å². The number of fused-ring (bicyclic) bond motifs is 2. The second kappa shape index (κ2) is 16.6. The van der Waals surface area contributed by atoms with E-state index >= 15 is 0 Å². The fourth-order valence-corrected chi connectivity index (χ4v) is 5.92. The molecule has 6 rings (SSSR count). The molecule has 4 aromatic rings. The summed E-state index contributed by atoms with van der Waals surface area (Å²) >= 11 is 0. The first kappa shape index (κ1) is 37.7. The number of nitrogen functional groups attached to an aromatic ring is 1. The molecule has 0 radical (unpaired) electrons. The molecule has 0 saturated carbocycles. The zero-order valence-corrected chi connectivity index (χ0v) is 28.8. The largest absolute Gasteiger partial charge is 0.492 e. The quantitative estimate of drug-likeness (QED) is 0.0877. The molecule has 2 aliphatic heterocycles. The van der Waals surface area contributed by atoms with Crippen molar-refractivity contribution in [2.45, 2.75) is 52.7 Å². The van der Waals surface area contributed by atoms with Gasteiger partial charge in [-0.2, -0.15) is 0 Å². The number of ether oxygens (including phenoxy) is 4. The van der Waals surface area contributed by atoms with Crippen LogP contribution in [0.2, 0.25) is 0 Å². The summed E-state index contributed by atoms with van der Waals surface area (Å²) in [5.74, 6) is 0.489. The van der Waals surface area contributed by atoms with Crippen LogP contribution in [0.25, 0.3) is 0 Å². The highest BCUT2D eigenvalue weighted by Gasteiger charge is 2.39. The molecule has 2 aromatic carbocycles. The number of nitrogens with zero attached hydrogens (tertiary/aromatic N) is 3. The lowest BCUT2D eigenvalue weighted by Gasteiger charge is -2.14. The predicted molar refractivity (Wildman–Crippen MR) is 187 cm³/mol. The van der Waals surface area contributed by atoms with E-state index < -0.39 is 37.3 Å². The molecule has 2 aromatic heterocycles. The third-order valence-corrected chi connectivity index (χ3v) is 7.99. The van der Waals surface area contributed by atoms with E-state index in [1.54, 1.807) is 57.3 Å². The van der Waals surface area contributed by atoms with E-state index in [1.165, 1.54) is 18.3 Å². The Morgan fingerprint density at radius 1 is 0.808 bits per heavy atom. The molecule has 0 saturated heterocycles. The standard InChI is InChI=1S/C17H17BN2O7.C17H19BN2O5/c1-3-25-16(21)9-14-17-10(2)6-12(8-13(17)18(22)27-14)26-15-7-11(20(23)24)4-5-19-15;1-3-23-16(21)9-14-17-10(2)6-12(8-13(17)18(22)25-14)24-15-7-11(19)4-5-20-15/h4-8,14,22H,3,9H2,1-2H3;4-8,14,22H,3,9H2,1-2H3,(H2,19,20). The van der Waals surface area contributed by atoms with Gasteiger partial charge in [0.15, 0.2) is 0 Å². The Morgan fingerprint density at radius 2 is 1.27 bits per heavy atom. The topological polar surface area (TPSA) is 225 Å². The Balaban J connectivity index is 0.000000202. The molecule has 16 nitrogen and oxygen atoms in total. The molecule has 0 spiro atoms. The molecule has 0 aliphatic carbocycles. The fourth-order valence-electron chi connectivity index (χ4n) is 5.92. The van der Waals surface area contributed by atoms with E-state index in [9.17, 15) is 29.8 Å². The molecule has 4 N–H and O–H groups in total. The number of nitrogens with two attached hydrogens (primary N) is 1. The van der Waals surface area contributed by atoms with Gasteiger partial charge in [0.25, 0.3) is 5.69 Å². The molecule has 4 heterocycles. The third kappa shape index (κ3) is 9.02. The zero-order valence-electron chi connectivity index (χ0n) is 28.8. The van der Waals surface area contributed by atoms with Gasteiger partial charge < -0.3 is 44.0 Å². The third-order valence-electron chi connectivity index (χ3n) is 7.99. The Kier molecular flexibility index (Phi) is 12.1. The van der Waals surface area contributed by atoms with Gasteiger partial charge in [-0.25, -0.2) is 9.97 Å². The molecule has 52 heavy (non-hydrogen) atoms. The van der Waals surface area contributed by atoms with Crippen LogP contribution in [0.4, 0.5) is 11.4 Å². The zero-order chi connectivity index (χ0) is 37.5. The summed E-state index contributed by atoms with van der Waals surface area (Å²) < 4.78 is 32.2. The van der Waals surface area contributed by atoms with Gasteiger partial charge in [0.05, 0.1) is 49.3 Å². The smallest absolute Gasteiger partial charge is 0.466 e. The number of pyridine rings is 2. The minimum atomic E-state index is -1.21. The number of esters is 2. The Hall–Kier alpha value is -5.55. The minimum absolute atomic E-state index is 0.00855. The van der Waals surface area contributed by atoms with Gasteiger partial charge in [-0.1, -0.05) is 0 Å². The van der Waals surface area contributed by atoms with E-state index in [0.29, 0.717) is 46.2 Å². The molecule has 0 amide bonds. The minimum Gasteiger partial charge on any atom is -0.466 e. The number of benzene rings is 2. The monoisotopic (exact) mass is 714 g/mol. The molecule has 2 aliphatic rings. The van der Waals surface area contributed by atoms with Crippen molar-refractivity contribution in [1.82, 2.24) is 9.97 Å². The predicted octanol–water partition coefficient (Wildman–Crippen LogP) is 3.28. The first-order valence-corrected chi connectivity index (χ1v) is 16.3. The highest BCUT2D eigenvalue weighted by molar-refractivity contribution is 6.62. The van der Waals surface area contributed by atoms with Crippen molar-refractivity contribution in [3.63, 3.8) is 0 Å². The number of hydrogen-bond donors (Lipinski definition) is 3. The van der Waals surface area contributed by atoms with E-state index in [2.05, 4.69) is 9.97 Å². The van der Waals surface area contributed by atoms with E-state index in [0.717, 1.165) is 16.7 Å². The number of carbonyl (C=O) groups is 2. The first-order valence-electron chi connectivity index (χ1n) is 16.3. The summed E-state index contributed by atoms with van der Waals surface area (Å²) in [5, 5.41) is 31.2. The lowest BCUT2D eigenvalue weighted by Crippen LogP contribution is -2.28. The van der Waals surface area contributed by atoms with Crippen LogP contribution in [0.3, 0.4) is 0 Å². The summed E-state index contributed by atoms with van der Waals surface area (Å²) in [4.78, 5) is 41.9. The average Bonchev–Trinajstić information content (AvgIpc) is 3.56. The van der Waals surface area contributed by atoms with Crippen molar-refractivity contribution in [2.24, 2.45) is 0 Å². The van der Waals surface area contributed by atoms with Crippen LogP contribution in [0.1, 0.15) is 61.2 Å².